The molecule has 0 aliphatic carbocycles. The SMILES string of the molecule is COc1cc(C)c(-c2cc3c(NC4CC(=O)N(C)C4)c(/C(N)=N/c4ccccc4Cl)cnn3c2)cn1. The summed E-state index contributed by atoms with van der Waals surface area (Å²) in [4.78, 5) is 22.9. The van der Waals surface area contributed by atoms with Gasteiger partial charge in [-0.3, -0.25) is 4.79 Å². The average molecular weight is 504 g/mol. The van der Waals surface area contributed by atoms with Crippen LogP contribution in [0.1, 0.15) is 17.5 Å². The Kier molecular flexibility index (Phi) is 6.24. The minimum Gasteiger partial charge on any atom is -0.481 e. The van der Waals surface area contributed by atoms with Crippen molar-refractivity contribution in [3.63, 3.8) is 0 Å². The molecule has 184 valence electrons. The lowest BCUT2D eigenvalue weighted by molar-refractivity contribution is -0.126. The summed E-state index contributed by atoms with van der Waals surface area (Å²) in [6.45, 7) is 2.59. The number of ether oxygens (including phenoxy) is 1. The van der Waals surface area contributed by atoms with Gasteiger partial charge in [-0.05, 0) is 30.7 Å². The number of rotatable bonds is 6. The molecule has 36 heavy (non-hydrogen) atoms. The van der Waals surface area contributed by atoms with Crippen molar-refractivity contribution in [2.24, 2.45) is 10.7 Å². The van der Waals surface area contributed by atoms with Crippen molar-refractivity contribution in [2.45, 2.75) is 19.4 Å². The van der Waals surface area contributed by atoms with Crippen LogP contribution in [0.4, 0.5) is 11.4 Å². The Morgan fingerprint density at radius 3 is 2.78 bits per heavy atom. The van der Waals surface area contributed by atoms with E-state index in [0.717, 1.165) is 27.9 Å². The van der Waals surface area contributed by atoms with E-state index in [1.165, 1.54) is 0 Å². The molecule has 1 aliphatic heterocycles. The number of halogens is 1. The summed E-state index contributed by atoms with van der Waals surface area (Å²) in [5.74, 6) is 0.914. The van der Waals surface area contributed by atoms with Crippen LogP contribution in [0, 0.1) is 6.92 Å². The number of aryl methyl sites for hydroxylation is 1. The Hall–Kier alpha value is -4.11. The molecular formula is C26H26ClN7O2. The Morgan fingerprint density at radius 1 is 1.28 bits per heavy atom. The molecule has 0 saturated carbocycles. The van der Waals surface area contributed by atoms with Crippen LogP contribution < -0.4 is 15.8 Å². The van der Waals surface area contributed by atoms with Crippen LogP contribution in [-0.2, 0) is 4.79 Å². The summed E-state index contributed by atoms with van der Waals surface area (Å²) in [5.41, 5.74) is 12.2. The normalized spacial score (nSPS) is 16.1. The van der Waals surface area contributed by atoms with E-state index >= 15 is 0 Å². The summed E-state index contributed by atoms with van der Waals surface area (Å²) < 4.78 is 7.03. The van der Waals surface area contributed by atoms with Gasteiger partial charge in [0.25, 0.3) is 0 Å². The number of nitrogens with two attached hydrogens (primary N) is 1. The minimum atomic E-state index is -0.0803. The van der Waals surface area contributed by atoms with Crippen molar-refractivity contribution >= 4 is 40.2 Å². The molecule has 3 N–H and O–H groups in total. The predicted octanol–water partition coefficient (Wildman–Crippen LogP) is 4.05. The van der Waals surface area contributed by atoms with Crippen molar-refractivity contribution in [1.82, 2.24) is 19.5 Å². The first-order valence-electron chi connectivity index (χ1n) is 11.5. The molecule has 1 aliphatic rings. The summed E-state index contributed by atoms with van der Waals surface area (Å²) >= 11 is 6.31. The van der Waals surface area contributed by atoms with Crippen LogP contribution in [0.2, 0.25) is 5.02 Å². The fourth-order valence-corrected chi connectivity index (χ4v) is 4.57. The number of anilines is 1. The van der Waals surface area contributed by atoms with Gasteiger partial charge in [0.1, 0.15) is 5.84 Å². The van der Waals surface area contributed by atoms with Gasteiger partial charge in [-0.2, -0.15) is 5.10 Å². The number of para-hydroxylation sites is 1. The highest BCUT2D eigenvalue weighted by atomic mass is 35.5. The van der Waals surface area contributed by atoms with E-state index in [1.807, 2.05) is 37.4 Å². The van der Waals surface area contributed by atoms with E-state index in [2.05, 4.69) is 20.4 Å². The summed E-state index contributed by atoms with van der Waals surface area (Å²) in [6.07, 6.45) is 5.79. The van der Waals surface area contributed by atoms with Gasteiger partial charge in [-0.25, -0.2) is 14.5 Å². The predicted molar refractivity (Wildman–Crippen MR) is 141 cm³/mol. The average Bonchev–Trinajstić information content (AvgIpc) is 3.43. The van der Waals surface area contributed by atoms with Gasteiger partial charge in [0.15, 0.2) is 0 Å². The number of carbonyl (C=O) groups is 1. The number of amides is 1. The topological polar surface area (TPSA) is 110 Å². The largest absolute Gasteiger partial charge is 0.481 e. The molecular weight excluding hydrogens is 478 g/mol. The number of nitrogens with zero attached hydrogens (tertiary/aromatic N) is 5. The Balaban J connectivity index is 1.63. The lowest BCUT2D eigenvalue weighted by Crippen LogP contribution is -2.26. The van der Waals surface area contributed by atoms with E-state index < -0.39 is 0 Å². The van der Waals surface area contributed by atoms with E-state index in [-0.39, 0.29) is 17.8 Å². The number of methoxy groups -OCH3 is 1. The van der Waals surface area contributed by atoms with Crippen LogP contribution in [0.5, 0.6) is 5.88 Å². The van der Waals surface area contributed by atoms with Gasteiger partial charge in [-0.1, -0.05) is 23.7 Å². The number of aliphatic imine (C=N–C) groups is 1. The van der Waals surface area contributed by atoms with Crippen molar-refractivity contribution < 1.29 is 9.53 Å². The highest BCUT2D eigenvalue weighted by molar-refractivity contribution is 6.33. The molecule has 0 bridgehead atoms. The number of nitrogens with one attached hydrogen (secondary N) is 1. The number of fused-ring (bicyclic) bond motifs is 1. The van der Waals surface area contributed by atoms with Gasteiger partial charge < -0.3 is 20.7 Å². The van der Waals surface area contributed by atoms with Crippen LogP contribution in [0.3, 0.4) is 0 Å². The first-order chi connectivity index (χ1) is 17.3. The van der Waals surface area contributed by atoms with Crippen LogP contribution in [0.15, 0.2) is 60.0 Å². The monoisotopic (exact) mass is 503 g/mol. The minimum absolute atomic E-state index is 0.0803. The quantitative estimate of drug-likeness (QED) is 0.303. The molecule has 0 spiro atoms. The zero-order valence-electron chi connectivity index (χ0n) is 20.2. The first-order valence-corrected chi connectivity index (χ1v) is 11.8. The maximum atomic E-state index is 12.2. The van der Waals surface area contributed by atoms with E-state index in [4.69, 9.17) is 22.1 Å². The molecule has 4 heterocycles. The zero-order valence-corrected chi connectivity index (χ0v) is 21.0. The van der Waals surface area contributed by atoms with Crippen molar-refractivity contribution in [1.29, 1.82) is 0 Å². The number of amidine groups is 1. The molecule has 1 atom stereocenters. The molecule has 5 rings (SSSR count). The zero-order chi connectivity index (χ0) is 25.4. The number of aromatic nitrogens is 3. The standard InChI is InChI=1S/C26H26ClN7O2/c1-15-8-23(36-3)29-11-18(15)16-9-22-25(31-17-10-24(35)33(2)14-17)19(12-30-34(22)13-16)26(28)32-21-7-5-4-6-20(21)27/h4-9,11-13,17,31H,10,14H2,1-3H3,(H2,28,32). The second-order valence-electron chi connectivity index (χ2n) is 8.80. The fourth-order valence-electron chi connectivity index (χ4n) is 4.39. The maximum absolute atomic E-state index is 12.2. The lowest BCUT2D eigenvalue weighted by atomic mass is 10.1. The second-order valence-corrected chi connectivity index (χ2v) is 9.21. The first kappa shape index (κ1) is 23.6. The Labute approximate surface area is 213 Å². The van der Waals surface area contributed by atoms with E-state index in [0.29, 0.717) is 35.1 Å². The smallest absolute Gasteiger partial charge is 0.224 e. The van der Waals surface area contributed by atoms with Gasteiger partial charge >= 0.3 is 0 Å². The number of hydrogen-bond donors (Lipinski definition) is 2. The van der Waals surface area contributed by atoms with Gasteiger partial charge in [0.2, 0.25) is 11.8 Å². The van der Waals surface area contributed by atoms with Gasteiger partial charge in [0, 0.05) is 49.6 Å². The van der Waals surface area contributed by atoms with Gasteiger partial charge in [0.05, 0.1) is 46.8 Å². The second kappa shape index (κ2) is 9.50. The van der Waals surface area contributed by atoms with Gasteiger partial charge in [-0.15, -0.1) is 0 Å². The summed E-state index contributed by atoms with van der Waals surface area (Å²) in [6, 6.07) is 11.1. The molecule has 4 aromatic rings. The molecule has 9 nitrogen and oxygen atoms in total. The third-order valence-electron chi connectivity index (χ3n) is 6.30. The van der Waals surface area contributed by atoms with Crippen LogP contribution in [0.25, 0.3) is 16.6 Å². The van der Waals surface area contributed by atoms with Crippen molar-refractivity contribution in [3.8, 4) is 17.0 Å². The third-order valence-corrected chi connectivity index (χ3v) is 6.62. The van der Waals surface area contributed by atoms with Crippen molar-refractivity contribution in [3.05, 3.63) is 71.1 Å². The number of benzene rings is 1. The number of carbonyl (C=O) groups excluding carboxylic acids is 1. The Bertz CT molecular complexity index is 1500. The molecule has 1 unspecified atom stereocenters. The molecule has 1 fully saturated rings. The van der Waals surface area contributed by atoms with Crippen LogP contribution >= 0.6 is 11.6 Å². The fraction of sp³-hybridized carbons (Fsp3) is 0.231. The number of likely N-dealkylation sites (N-methyl/N-ethyl adjacent to an activating group) is 1. The maximum Gasteiger partial charge on any atom is 0.224 e. The number of pyridine rings is 1. The Morgan fingerprint density at radius 2 is 2.08 bits per heavy atom. The molecule has 0 radical (unpaired) electrons. The molecule has 3 aromatic heterocycles. The van der Waals surface area contributed by atoms with Crippen molar-refractivity contribution in [2.75, 3.05) is 26.0 Å². The molecule has 1 saturated heterocycles. The van der Waals surface area contributed by atoms with E-state index in [9.17, 15) is 4.79 Å². The lowest BCUT2D eigenvalue weighted by Gasteiger charge is -2.18. The van der Waals surface area contributed by atoms with E-state index in [1.54, 1.807) is 48.1 Å². The third kappa shape index (κ3) is 4.45. The number of hydrogen-bond acceptors (Lipinski definition) is 6. The molecule has 1 amide bonds. The summed E-state index contributed by atoms with van der Waals surface area (Å²) in [7, 11) is 3.40. The highest BCUT2D eigenvalue weighted by Crippen LogP contribution is 2.33. The summed E-state index contributed by atoms with van der Waals surface area (Å²) in [5, 5.41) is 8.64. The highest BCUT2D eigenvalue weighted by Gasteiger charge is 2.28. The van der Waals surface area contributed by atoms with Crippen LogP contribution in [-0.4, -0.2) is 58.0 Å². The molecule has 10 heteroatoms. The molecule has 1 aromatic carbocycles. The number of likely N-dealkylation sites (tertiary alicyclic amines) is 1.